The Hall–Kier alpha value is -3.32. The van der Waals surface area contributed by atoms with E-state index in [-0.39, 0.29) is 5.91 Å². The van der Waals surface area contributed by atoms with Crippen LogP contribution in [0.25, 0.3) is 0 Å². The van der Waals surface area contributed by atoms with Gasteiger partial charge in [-0.05, 0) is 43.2 Å². The molecule has 4 rings (SSSR count). The summed E-state index contributed by atoms with van der Waals surface area (Å²) in [7, 11) is 1.57. The highest BCUT2D eigenvalue weighted by atomic mass is 16.5. The molecular formula is C24H29N5O2. The first kappa shape index (κ1) is 20.9. The van der Waals surface area contributed by atoms with Gasteiger partial charge in [0.2, 0.25) is 0 Å². The van der Waals surface area contributed by atoms with Gasteiger partial charge in [-0.3, -0.25) is 4.79 Å². The molecule has 0 atom stereocenters. The van der Waals surface area contributed by atoms with Crippen LogP contribution in [0.3, 0.4) is 0 Å². The number of nitrogens with one attached hydrogen (secondary N) is 2. The third kappa shape index (κ3) is 5.44. The number of methoxy groups -OCH3 is 1. The van der Waals surface area contributed by atoms with Crippen molar-refractivity contribution in [2.45, 2.75) is 25.4 Å². The van der Waals surface area contributed by atoms with Gasteiger partial charge in [0.1, 0.15) is 5.75 Å². The summed E-state index contributed by atoms with van der Waals surface area (Å²) in [5, 5.41) is 6.65. The number of aromatic nitrogens is 2. The van der Waals surface area contributed by atoms with E-state index in [2.05, 4.69) is 31.2 Å². The number of ether oxygens (including phenoxy) is 1. The van der Waals surface area contributed by atoms with Gasteiger partial charge in [-0.25, -0.2) is 4.98 Å². The molecule has 1 aliphatic rings. The largest absolute Gasteiger partial charge is 0.496 e. The normalized spacial score (nSPS) is 14.4. The Balaban J connectivity index is 1.30. The minimum absolute atomic E-state index is 0.171. The van der Waals surface area contributed by atoms with Crippen molar-refractivity contribution in [1.29, 1.82) is 0 Å². The Labute approximate surface area is 183 Å². The molecule has 1 amide bonds. The van der Waals surface area contributed by atoms with Crippen LogP contribution in [-0.4, -0.2) is 48.2 Å². The zero-order valence-electron chi connectivity index (χ0n) is 17.8. The molecular weight excluding hydrogens is 390 g/mol. The average molecular weight is 420 g/mol. The molecule has 1 aromatic heterocycles. The van der Waals surface area contributed by atoms with Crippen molar-refractivity contribution in [3.05, 3.63) is 72.8 Å². The van der Waals surface area contributed by atoms with Crippen molar-refractivity contribution < 1.29 is 9.53 Å². The van der Waals surface area contributed by atoms with Crippen molar-refractivity contribution in [3.63, 3.8) is 0 Å². The van der Waals surface area contributed by atoms with Crippen molar-refractivity contribution in [3.8, 4) is 5.75 Å². The van der Waals surface area contributed by atoms with Crippen molar-refractivity contribution in [1.82, 2.24) is 14.9 Å². The van der Waals surface area contributed by atoms with Crippen LogP contribution >= 0.6 is 0 Å². The van der Waals surface area contributed by atoms with Gasteiger partial charge in [-0.15, -0.1) is 0 Å². The van der Waals surface area contributed by atoms with E-state index < -0.39 is 0 Å². The minimum atomic E-state index is -0.171. The number of carbonyl (C=O) groups excluding carboxylic acids is 1. The fourth-order valence-electron chi connectivity index (χ4n) is 3.97. The summed E-state index contributed by atoms with van der Waals surface area (Å²) in [6.45, 7) is 3.87. The molecule has 0 saturated carbocycles. The molecule has 0 aliphatic carbocycles. The zero-order chi connectivity index (χ0) is 21.5. The number of benzene rings is 2. The SMILES string of the molecule is COc1ccccc1C(=O)Nc1cccc(N2CCC(NCCn3ccnc3)CC2)c1. The monoisotopic (exact) mass is 419 g/mol. The van der Waals surface area contributed by atoms with Crippen LogP contribution in [0.4, 0.5) is 11.4 Å². The van der Waals surface area contributed by atoms with Gasteiger partial charge < -0.3 is 24.8 Å². The van der Waals surface area contributed by atoms with Gasteiger partial charge in [0.25, 0.3) is 5.91 Å². The van der Waals surface area contributed by atoms with Gasteiger partial charge >= 0.3 is 0 Å². The maximum atomic E-state index is 12.7. The third-order valence-electron chi connectivity index (χ3n) is 5.68. The fourth-order valence-corrected chi connectivity index (χ4v) is 3.97. The van der Waals surface area contributed by atoms with E-state index in [1.165, 1.54) is 0 Å². The number of hydrogen-bond acceptors (Lipinski definition) is 5. The fraction of sp³-hybridized carbons (Fsp3) is 0.333. The number of nitrogens with zero attached hydrogens (tertiary/aromatic N) is 3. The highest BCUT2D eigenvalue weighted by Crippen LogP contribution is 2.25. The predicted octanol–water partition coefficient (Wildman–Crippen LogP) is 3.40. The molecule has 2 heterocycles. The number of para-hydroxylation sites is 1. The number of amides is 1. The van der Waals surface area contributed by atoms with Crippen LogP contribution in [0.5, 0.6) is 5.75 Å². The molecule has 7 nitrogen and oxygen atoms in total. The molecule has 0 radical (unpaired) electrons. The predicted molar refractivity (Wildman–Crippen MR) is 123 cm³/mol. The van der Waals surface area contributed by atoms with E-state index >= 15 is 0 Å². The lowest BCUT2D eigenvalue weighted by atomic mass is 10.0. The molecule has 0 bridgehead atoms. The van der Waals surface area contributed by atoms with E-state index in [1.54, 1.807) is 19.2 Å². The van der Waals surface area contributed by atoms with Crippen LogP contribution < -0.4 is 20.3 Å². The van der Waals surface area contributed by atoms with Gasteiger partial charge in [0, 0.05) is 56.0 Å². The number of rotatable bonds is 8. The summed E-state index contributed by atoms with van der Waals surface area (Å²) < 4.78 is 7.39. The van der Waals surface area contributed by atoms with Gasteiger partial charge in [-0.1, -0.05) is 18.2 Å². The standard InChI is InChI=1S/C24H29N5O2/c1-31-23-8-3-2-7-22(23)24(30)27-20-5-4-6-21(17-20)29-13-9-19(10-14-29)26-12-16-28-15-11-25-18-28/h2-8,11,15,17-19,26H,9-10,12-14,16H2,1H3,(H,27,30). The second-order valence-corrected chi connectivity index (χ2v) is 7.72. The summed E-state index contributed by atoms with van der Waals surface area (Å²) in [5.74, 6) is 0.397. The lowest BCUT2D eigenvalue weighted by molar-refractivity contribution is 0.102. The second-order valence-electron chi connectivity index (χ2n) is 7.72. The van der Waals surface area contributed by atoms with Crippen molar-refractivity contribution >= 4 is 17.3 Å². The highest BCUT2D eigenvalue weighted by Gasteiger charge is 2.19. The quantitative estimate of drug-likeness (QED) is 0.586. The number of anilines is 2. The summed E-state index contributed by atoms with van der Waals surface area (Å²) >= 11 is 0. The Morgan fingerprint density at radius 1 is 1.16 bits per heavy atom. The number of imidazole rings is 1. The molecule has 2 aromatic carbocycles. The second kappa shape index (κ2) is 10.1. The molecule has 7 heteroatoms. The molecule has 0 spiro atoms. The van der Waals surface area contributed by atoms with Crippen LogP contribution in [0.2, 0.25) is 0 Å². The molecule has 162 valence electrons. The molecule has 31 heavy (non-hydrogen) atoms. The van der Waals surface area contributed by atoms with Gasteiger partial charge in [0.05, 0.1) is 19.0 Å². The summed E-state index contributed by atoms with van der Waals surface area (Å²) in [6, 6.07) is 15.8. The molecule has 3 aromatic rings. The molecule has 1 saturated heterocycles. The molecule has 1 fully saturated rings. The zero-order valence-corrected chi connectivity index (χ0v) is 17.8. The smallest absolute Gasteiger partial charge is 0.259 e. The molecule has 1 aliphatic heterocycles. The maximum Gasteiger partial charge on any atom is 0.259 e. The Morgan fingerprint density at radius 3 is 2.77 bits per heavy atom. The van der Waals surface area contributed by atoms with E-state index in [9.17, 15) is 4.79 Å². The van der Waals surface area contributed by atoms with Crippen LogP contribution in [-0.2, 0) is 6.54 Å². The van der Waals surface area contributed by atoms with E-state index in [4.69, 9.17) is 4.74 Å². The van der Waals surface area contributed by atoms with E-state index in [0.717, 1.165) is 50.4 Å². The van der Waals surface area contributed by atoms with Crippen LogP contribution in [0.1, 0.15) is 23.2 Å². The van der Waals surface area contributed by atoms with Gasteiger partial charge in [0.15, 0.2) is 0 Å². The van der Waals surface area contributed by atoms with E-state index in [0.29, 0.717) is 17.4 Å². The molecule has 0 unspecified atom stereocenters. The Morgan fingerprint density at radius 2 is 2.00 bits per heavy atom. The maximum absolute atomic E-state index is 12.7. The first-order valence-electron chi connectivity index (χ1n) is 10.7. The lowest BCUT2D eigenvalue weighted by Gasteiger charge is -2.34. The summed E-state index contributed by atoms with van der Waals surface area (Å²) in [5.41, 5.74) is 2.45. The first-order chi connectivity index (χ1) is 15.2. The first-order valence-corrected chi connectivity index (χ1v) is 10.7. The van der Waals surface area contributed by atoms with Crippen molar-refractivity contribution in [2.24, 2.45) is 0 Å². The highest BCUT2D eigenvalue weighted by molar-refractivity contribution is 6.06. The van der Waals surface area contributed by atoms with Crippen molar-refractivity contribution in [2.75, 3.05) is 37.0 Å². The van der Waals surface area contributed by atoms with Crippen LogP contribution in [0, 0.1) is 0 Å². The van der Waals surface area contributed by atoms with Crippen LogP contribution in [0.15, 0.2) is 67.3 Å². The summed E-state index contributed by atoms with van der Waals surface area (Å²) in [4.78, 5) is 19.2. The van der Waals surface area contributed by atoms with Gasteiger partial charge in [-0.2, -0.15) is 0 Å². The number of hydrogen-bond donors (Lipinski definition) is 2. The third-order valence-corrected chi connectivity index (χ3v) is 5.68. The average Bonchev–Trinajstić information content (AvgIpc) is 3.33. The lowest BCUT2D eigenvalue weighted by Crippen LogP contribution is -2.43. The Bertz CT molecular complexity index is 981. The summed E-state index contributed by atoms with van der Waals surface area (Å²) in [6.07, 6.45) is 7.85. The topological polar surface area (TPSA) is 71.4 Å². The van der Waals surface area contributed by atoms with E-state index in [1.807, 2.05) is 49.1 Å². The minimum Gasteiger partial charge on any atom is -0.496 e. The Kier molecular flexibility index (Phi) is 6.84. The molecule has 2 N–H and O–H groups in total. The number of carbonyl (C=O) groups is 1. The number of piperidine rings is 1.